The Morgan fingerprint density at radius 3 is 2.29 bits per heavy atom. The molecule has 0 aliphatic carbocycles. The van der Waals surface area contributed by atoms with Gasteiger partial charge in [0, 0.05) is 6.42 Å². The Bertz CT molecular complexity index is 525. The molecule has 0 saturated heterocycles. The van der Waals surface area contributed by atoms with Crippen LogP contribution in [0.15, 0.2) is 24.3 Å². The molecule has 0 spiro atoms. The van der Waals surface area contributed by atoms with Gasteiger partial charge >= 0.3 is 5.97 Å². The molecule has 4 heteroatoms. The lowest BCUT2D eigenvalue weighted by molar-refractivity contribution is -0.153. The van der Waals surface area contributed by atoms with Gasteiger partial charge in [-0.3, -0.25) is 9.59 Å². The smallest absolute Gasteiger partial charge is 0.310 e. The van der Waals surface area contributed by atoms with Crippen LogP contribution in [-0.2, 0) is 9.59 Å². The lowest BCUT2D eigenvalue weighted by Crippen LogP contribution is -2.39. The van der Waals surface area contributed by atoms with Gasteiger partial charge in [-0.15, -0.1) is 0 Å². The Hall–Kier alpha value is -1.84. The Labute approximate surface area is 126 Å². The van der Waals surface area contributed by atoms with Gasteiger partial charge < -0.3 is 10.4 Å². The first-order chi connectivity index (χ1) is 9.68. The average molecular weight is 291 g/mol. The van der Waals surface area contributed by atoms with E-state index in [4.69, 9.17) is 0 Å². The van der Waals surface area contributed by atoms with Crippen LogP contribution in [0.1, 0.15) is 51.3 Å². The molecule has 2 unspecified atom stereocenters. The minimum Gasteiger partial charge on any atom is -0.481 e. The highest BCUT2D eigenvalue weighted by molar-refractivity contribution is 5.85. The highest BCUT2D eigenvalue weighted by Crippen LogP contribution is 2.31. The highest BCUT2D eigenvalue weighted by atomic mass is 16.4. The molecule has 2 atom stereocenters. The Morgan fingerprint density at radius 2 is 1.81 bits per heavy atom. The number of hydrogen-bond acceptors (Lipinski definition) is 2. The van der Waals surface area contributed by atoms with E-state index in [-0.39, 0.29) is 24.3 Å². The first kappa shape index (κ1) is 17.2. The van der Waals surface area contributed by atoms with Crippen molar-refractivity contribution >= 4 is 11.9 Å². The van der Waals surface area contributed by atoms with Gasteiger partial charge in [-0.1, -0.05) is 38.1 Å². The third-order valence-electron chi connectivity index (χ3n) is 4.32. The topological polar surface area (TPSA) is 66.4 Å². The van der Waals surface area contributed by atoms with E-state index in [1.807, 2.05) is 52.0 Å². The van der Waals surface area contributed by atoms with Crippen LogP contribution < -0.4 is 5.32 Å². The summed E-state index contributed by atoms with van der Waals surface area (Å²) in [6.45, 7) is 9.18. The number of aliphatic carboxylic acids is 1. The minimum absolute atomic E-state index is 0.0176. The second kappa shape index (κ2) is 6.74. The molecule has 0 aliphatic rings. The van der Waals surface area contributed by atoms with Gasteiger partial charge in [-0.25, -0.2) is 0 Å². The van der Waals surface area contributed by atoms with Crippen LogP contribution in [0.4, 0.5) is 0 Å². The van der Waals surface area contributed by atoms with E-state index < -0.39 is 11.4 Å². The zero-order valence-electron chi connectivity index (χ0n) is 13.4. The fourth-order valence-corrected chi connectivity index (χ4v) is 2.30. The maximum Gasteiger partial charge on any atom is 0.310 e. The van der Waals surface area contributed by atoms with Crippen molar-refractivity contribution in [1.29, 1.82) is 0 Å². The molecule has 1 aromatic carbocycles. The average Bonchev–Trinajstić information content (AvgIpc) is 2.38. The zero-order chi connectivity index (χ0) is 16.2. The second-order valence-electron chi connectivity index (χ2n) is 6.20. The molecule has 0 saturated carbocycles. The Kier molecular flexibility index (Phi) is 5.53. The number of carboxylic acids is 1. The van der Waals surface area contributed by atoms with Gasteiger partial charge in [0.25, 0.3) is 0 Å². The molecule has 0 fully saturated rings. The molecule has 0 heterocycles. The predicted octanol–water partition coefficient (Wildman–Crippen LogP) is 3.31. The second-order valence-corrected chi connectivity index (χ2v) is 6.20. The molecule has 1 rings (SSSR count). The van der Waals surface area contributed by atoms with Crippen molar-refractivity contribution in [1.82, 2.24) is 5.32 Å². The van der Waals surface area contributed by atoms with Gasteiger partial charge in [0.1, 0.15) is 0 Å². The quantitative estimate of drug-likeness (QED) is 0.845. The van der Waals surface area contributed by atoms with Crippen LogP contribution in [0.3, 0.4) is 0 Å². The number of carbonyl (C=O) groups is 2. The number of amides is 1. The van der Waals surface area contributed by atoms with Gasteiger partial charge in [-0.05, 0) is 37.8 Å². The van der Waals surface area contributed by atoms with Crippen LogP contribution in [-0.4, -0.2) is 17.0 Å². The monoisotopic (exact) mass is 291 g/mol. The third-order valence-corrected chi connectivity index (χ3v) is 4.32. The molecular weight excluding hydrogens is 266 g/mol. The molecule has 116 valence electrons. The Balaban J connectivity index is 2.78. The first-order valence-corrected chi connectivity index (χ1v) is 7.26. The molecule has 2 N–H and O–H groups in total. The number of carbonyl (C=O) groups excluding carboxylic acids is 1. The van der Waals surface area contributed by atoms with Gasteiger partial charge in [0.15, 0.2) is 0 Å². The standard InChI is InChI=1S/C17H25NO3/c1-11(2)17(5,16(20)21)10-15(19)18-13(4)14-9-7-6-8-12(14)3/h6-9,11,13H,10H2,1-5H3,(H,18,19)(H,20,21). The summed E-state index contributed by atoms with van der Waals surface area (Å²) in [5.41, 5.74) is 1.11. The van der Waals surface area contributed by atoms with Crippen LogP contribution in [0, 0.1) is 18.3 Å². The van der Waals surface area contributed by atoms with Gasteiger partial charge in [0.2, 0.25) is 5.91 Å². The van der Waals surface area contributed by atoms with Crippen molar-refractivity contribution < 1.29 is 14.7 Å². The summed E-state index contributed by atoms with van der Waals surface area (Å²) in [6, 6.07) is 7.71. The van der Waals surface area contributed by atoms with Crippen molar-refractivity contribution in [2.75, 3.05) is 0 Å². The van der Waals surface area contributed by atoms with Crippen LogP contribution in [0.25, 0.3) is 0 Å². The van der Waals surface area contributed by atoms with E-state index in [1.165, 1.54) is 0 Å². The SMILES string of the molecule is Cc1ccccc1C(C)NC(=O)CC(C)(C(=O)O)C(C)C. The molecule has 4 nitrogen and oxygen atoms in total. The Morgan fingerprint density at radius 1 is 1.24 bits per heavy atom. The van der Waals surface area contributed by atoms with E-state index in [0.717, 1.165) is 11.1 Å². The number of hydrogen-bond donors (Lipinski definition) is 2. The summed E-state index contributed by atoms with van der Waals surface area (Å²) in [7, 11) is 0. The summed E-state index contributed by atoms with van der Waals surface area (Å²) in [6.07, 6.45) is -0.0176. The van der Waals surface area contributed by atoms with Gasteiger partial charge in [0.05, 0.1) is 11.5 Å². The number of aryl methyl sites for hydroxylation is 1. The number of rotatable bonds is 6. The predicted molar refractivity (Wildman–Crippen MR) is 82.9 cm³/mol. The van der Waals surface area contributed by atoms with Crippen molar-refractivity contribution in [3.63, 3.8) is 0 Å². The molecule has 0 aromatic heterocycles. The van der Waals surface area contributed by atoms with E-state index >= 15 is 0 Å². The van der Waals surface area contributed by atoms with E-state index in [0.29, 0.717) is 0 Å². The lowest BCUT2D eigenvalue weighted by Gasteiger charge is -2.29. The van der Waals surface area contributed by atoms with Crippen molar-refractivity contribution in [3.05, 3.63) is 35.4 Å². The van der Waals surface area contributed by atoms with Crippen molar-refractivity contribution in [2.45, 2.75) is 47.1 Å². The number of carboxylic acid groups (broad SMARTS) is 1. The number of benzene rings is 1. The lowest BCUT2D eigenvalue weighted by atomic mass is 9.76. The largest absolute Gasteiger partial charge is 0.481 e. The molecule has 1 aromatic rings. The zero-order valence-corrected chi connectivity index (χ0v) is 13.4. The normalized spacial score (nSPS) is 15.3. The van der Waals surface area contributed by atoms with Crippen molar-refractivity contribution in [2.24, 2.45) is 11.3 Å². The van der Waals surface area contributed by atoms with E-state index in [2.05, 4.69) is 5.32 Å². The first-order valence-electron chi connectivity index (χ1n) is 7.26. The van der Waals surface area contributed by atoms with Crippen LogP contribution >= 0.6 is 0 Å². The van der Waals surface area contributed by atoms with Crippen LogP contribution in [0.2, 0.25) is 0 Å². The van der Waals surface area contributed by atoms with E-state index in [9.17, 15) is 14.7 Å². The molecule has 0 radical (unpaired) electrons. The summed E-state index contributed by atoms with van der Waals surface area (Å²) >= 11 is 0. The summed E-state index contributed by atoms with van der Waals surface area (Å²) in [5.74, 6) is -1.28. The molecule has 0 bridgehead atoms. The van der Waals surface area contributed by atoms with Crippen LogP contribution in [0.5, 0.6) is 0 Å². The summed E-state index contributed by atoms with van der Waals surface area (Å²) in [4.78, 5) is 23.6. The molecule has 1 amide bonds. The molecular formula is C17H25NO3. The maximum atomic E-state index is 12.2. The number of nitrogens with one attached hydrogen (secondary N) is 1. The molecule has 0 aliphatic heterocycles. The molecule has 21 heavy (non-hydrogen) atoms. The van der Waals surface area contributed by atoms with E-state index in [1.54, 1.807) is 6.92 Å². The van der Waals surface area contributed by atoms with Gasteiger partial charge in [-0.2, -0.15) is 0 Å². The fourth-order valence-electron chi connectivity index (χ4n) is 2.30. The third kappa shape index (κ3) is 4.06. The summed E-state index contributed by atoms with van der Waals surface area (Å²) < 4.78 is 0. The maximum absolute atomic E-state index is 12.2. The van der Waals surface area contributed by atoms with Crippen molar-refractivity contribution in [3.8, 4) is 0 Å². The fraction of sp³-hybridized carbons (Fsp3) is 0.529. The minimum atomic E-state index is -1.05. The highest BCUT2D eigenvalue weighted by Gasteiger charge is 2.39. The summed E-state index contributed by atoms with van der Waals surface area (Å²) in [5, 5.41) is 12.3.